The summed E-state index contributed by atoms with van der Waals surface area (Å²) in [4.78, 5) is 25.7. The van der Waals surface area contributed by atoms with Crippen LogP contribution in [0.15, 0.2) is 59.8 Å². The molecule has 1 spiro atoms. The molecule has 2 heterocycles. The number of hydrogen-bond acceptors (Lipinski definition) is 7. The molecule has 0 amide bonds. The average molecular weight is 499 g/mol. The fourth-order valence-corrected chi connectivity index (χ4v) is 6.04. The number of hydrogen-bond donors (Lipinski definition) is 1. The number of fused-ring (bicyclic) bond motifs is 1. The molecule has 2 bridgehead atoms. The Kier molecular flexibility index (Phi) is 7.74. The molecule has 0 aromatic carbocycles. The van der Waals surface area contributed by atoms with E-state index in [1.54, 1.807) is 25.2 Å². The van der Waals surface area contributed by atoms with Gasteiger partial charge in [-0.2, -0.15) is 0 Å². The topological polar surface area (TPSA) is 91.3 Å². The molecule has 7 nitrogen and oxygen atoms in total. The maximum atomic E-state index is 12.8. The zero-order chi connectivity index (χ0) is 26.1. The highest BCUT2D eigenvalue weighted by Crippen LogP contribution is 2.65. The van der Waals surface area contributed by atoms with Crippen LogP contribution in [0.25, 0.3) is 0 Å². The van der Waals surface area contributed by atoms with E-state index in [4.69, 9.17) is 18.9 Å². The molecule has 1 N–H and O–H groups in total. The summed E-state index contributed by atoms with van der Waals surface area (Å²) in [6, 6.07) is 0. The Bertz CT molecular complexity index is 1020. The Hall–Kier alpha value is -2.48. The average Bonchev–Trinajstić information content (AvgIpc) is 2.98. The van der Waals surface area contributed by atoms with Gasteiger partial charge in [-0.3, -0.25) is 0 Å². The van der Waals surface area contributed by atoms with Gasteiger partial charge in [-0.1, -0.05) is 49.0 Å². The zero-order valence-corrected chi connectivity index (χ0v) is 21.7. The van der Waals surface area contributed by atoms with Crippen molar-refractivity contribution in [3.8, 4) is 0 Å². The number of carbonyl (C=O) groups excluding carboxylic acids is 2. The number of carbonyl (C=O) groups is 2. The monoisotopic (exact) mass is 498 g/mol. The minimum atomic E-state index is -0.734. The SMILES string of the molecule is C=C1[C@H]2C[C@H]3OC(=O)/C=C\C=C\[C@@H]([C@@H](C)O)OCC/C(C)=C/C(=O)OC[C@@]4(CCC(C)=C[C@H]4O2)[C@]13C. The van der Waals surface area contributed by atoms with Crippen LogP contribution in [0.2, 0.25) is 0 Å². The van der Waals surface area contributed by atoms with Crippen LogP contribution in [-0.2, 0) is 28.5 Å². The lowest BCUT2D eigenvalue weighted by Gasteiger charge is -2.56. The van der Waals surface area contributed by atoms with Gasteiger partial charge < -0.3 is 24.1 Å². The van der Waals surface area contributed by atoms with Crippen molar-refractivity contribution in [2.75, 3.05) is 13.2 Å². The Morgan fingerprint density at radius 1 is 1.14 bits per heavy atom. The fourth-order valence-electron chi connectivity index (χ4n) is 6.04. The molecule has 2 aliphatic carbocycles. The van der Waals surface area contributed by atoms with E-state index >= 15 is 0 Å². The third-order valence-electron chi connectivity index (χ3n) is 8.44. The summed E-state index contributed by atoms with van der Waals surface area (Å²) in [6.45, 7) is 12.5. The standard InChI is InChI=1S/C29H38O7/c1-18-10-12-29-17-34-27(32)15-19(2)11-13-33-22(21(4)30)8-6-7-9-26(31)36-24-16-23(35-25(29)14-18)20(3)28(24,29)5/h6-9,14-15,21-25,30H,3,10-13,16-17H2,1-2,4-5H3/b8-6+,9-7-,19-15+/t21-,22+,23-,24-,25-,28-,29-/m1/s1. The van der Waals surface area contributed by atoms with Crippen LogP contribution in [0.3, 0.4) is 0 Å². The number of rotatable bonds is 1. The Morgan fingerprint density at radius 2 is 1.92 bits per heavy atom. The molecule has 0 aromatic heterocycles. The van der Waals surface area contributed by atoms with Crippen LogP contribution in [-0.4, -0.2) is 60.8 Å². The van der Waals surface area contributed by atoms with E-state index < -0.39 is 41.1 Å². The van der Waals surface area contributed by atoms with E-state index in [1.165, 1.54) is 17.7 Å². The summed E-state index contributed by atoms with van der Waals surface area (Å²) in [6.07, 6.45) is 10.3. The molecule has 2 fully saturated rings. The first kappa shape index (κ1) is 26.6. The maximum Gasteiger partial charge on any atom is 0.331 e. The van der Waals surface area contributed by atoms with Gasteiger partial charge in [0.25, 0.3) is 0 Å². The highest BCUT2D eigenvalue weighted by Gasteiger charge is 2.68. The third-order valence-corrected chi connectivity index (χ3v) is 8.44. The van der Waals surface area contributed by atoms with E-state index in [-0.39, 0.29) is 18.8 Å². The van der Waals surface area contributed by atoms with Gasteiger partial charge in [0.15, 0.2) is 0 Å². The Morgan fingerprint density at radius 3 is 2.67 bits per heavy atom. The molecule has 4 aliphatic rings. The van der Waals surface area contributed by atoms with Crippen LogP contribution in [0.1, 0.15) is 53.4 Å². The number of aliphatic hydroxyl groups is 1. The fraction of sp³-hybridized carbons (Fsp3) is 0.586. The second-order valence-electron chi connectivity index (χ2n) is 10.8. The predicted molar refractivity (Wildman–Crippen MR) is 135 cm³/mol. The summed E-state index contributed by atoms with van der Waals surface area (Å²) in [5.41, 5.74) is 1.74. The summed E-state index contributed by atoms with van der Waals surface area (Å²) in [5.74, 6) is -0.891. The molecular weight excluding hydrogens is 460 g/mol. The molecule has 1 saturated heterocycles. The van der Waals surface area contributed by atoms with Crippen molar-refractivity contribution >= 4 is 11.9 Å². The van der Waals surface area contributed by atoms with Gasteiger partial charge in [0.1, 0.15) is 18.8 Å². The first-order valence-electron chi connectivity index (χ1n) is 12.8. The molecular formula is C29H38O7. The second-order valence-corrected chi connectivity index (χ2v) is 10.8. The van der Waals surface area contributed by atoms with Crippen LogP contribution >= 0.6 is 0 Å². The second kappa shape index (κ2) is 10.5. The van der Waals surface area contributed by atoms with Crippen LogP contribution in [0.4, 0.5) is 0 Å². The first-order valence-corrected chi connectivity index (χ1v) is 12.8. The molecule has 0 aromatic rings. The lowest BCUT2D eigenvalue weighted by atomic mass is 9.53. The summed E-state index contributed by atoms with van der Waals surface area (Å²) >= 11 is 0. The van der Waals surface area contributed by atoms with Gasteiger partial charge in [-0.05, 0) is 45.6 Å². The van der Waals surface area contributed by atoms with Gasteiger partial charge in [0, 0.05) is 29.4 Å². The molecule has 4 rings (SSSR count). The summed E-state index contributed by atoms with van der Waals surface area (Å²) in [7, 11) is 0. The number of aliphatic hydroxyl groups excluding tert-OH is 1. The smallest absolute Gasteiger partial charge is 0.331 e. The normalized spacial score (nSPS) is 41.9. The molecule has 7 atom stereocenters. The molecule has 1 saturated carbocycles. The largest absolute Gasteiger partial charge is 0.462 e. The van der Waals surface area contributed by atoms with Gasteiger partial charge in [-0.15, -0.1) is 0 Å². The van der Waals surface area contributed by atoms with Gasteiger partial charge in [0.05, 0.1) is 24.9 Å². The third kappa shape index (κ3) is 4.89. The van der Waals surface area contributed by atoms with E-state index in [0.717, 1.165) is 24.0 Å². The van der Waals surface area contributed by atoms with Crippen molar-refractivity contribution in [1.82, 2.24) is 0 Å². The lowest BCUT2D eigenvalue weighted by Crippen LogP contribution is -2.60. The molecule has 196 valence electrons. The van der Waals surface area contributed by atoms with Crippen molar-refractivity contribution in [2.45, 2.75) is 83.9 Å². The molecule has 0 radical (unpaired) electrons. The van der Waals surface area contributed by atoms with Crippen molar-refractivity contribution in [3.63, 3.8) is 0 Å². The van der Waals surface area contributed by atoms with Gasteiger partial charge in [-0.25, -0.2) is 9.59 Å². The predicted octanol–water partition coefficient (Wildman–Crippen LogP) is 4.13. The minimum Gasteiger partial charge on any atom is -0.462 e. The highest BCUT2D eigenvalue weighted by atomic mass is 16.6. The van der Waals surface area contributed by atoms with Crippen LogP contribution in [0.5, 0.6) is 0 Å². The van der Waals surface area contributed by atoms with Crippen molar-refractivity contribution in [1.29, 1.82) is 0 Å². The number of ether oxygens (including phenoxy) is 4. The number of esters is 2. The van der Waals surface area contributed by atoms with E-state index in [0.29, 0.717) is 19.4 Å². The van der Waals surface area contributed by atoms with Crippen LogP contribution in [0, 0.1) is 10.8 Å². The molecule has 7 heteroatoms. The van der Waals surface area contributed by atoms with E-state index in [2.05, 4.69) is 26.5 Å². The van der Waals surface area contributed by atoms with Crippen molar-refractivity contribution in [2.24, 2.45) is 10.8 Å². The highest BCUT2D eigenvalue weighted by molar-refractivity contribution is 5.83. The number of allylic oxidation sites excluding steroid dienone is 3. The number of cyclic esters (lactones) is 1. The lowest BCUT2D eigenvalue weighted by molar-refractivity contribution is -0.181. The molecule has 2 aliphatic heterocycles. The van der Waals surface area contributed by atoms with Gasteiger partial charge >= 0.3 is 11.9 Å². The van der Waals surface area contributed by atoms with E-state index in [1.807, 2.05) is 6.92 Å². The molecule has 0 unspecified atom stereocenters. The van der Waals surface area contributed by atoms with Gasteiger partial charge in [0.2, 0.25) is 0 Å². The first-order chi connectivity index (χ1) is 17.1. The summed E-state index contributed by atoms with van der Waals surface area (Å²) < 4.78 is 24.2. The summed E-state index contributed by atoms with van der Waals surface area (Å²) in [5, 5.41) is 10.0. The Balaban J connectivity index is 1.70. The maximum absolute atomic E-state index is 12.8. The zero-order valence-electron chi connectivity index (χ0n) is 21.7. The van der Waals surface area contributed by atoms with Crippen LogP contribution < -0.4 is 0 Å². The van der Waals surface area contributed by atoms with Crippen molar-refractivity contribution in [3.05, 3.63) is 59.8 Å². The van der Waals surface area contributed by atoms with E-state index in [9.17, 15) is 14.7 Å². The Labute approximate surface area is 213 Å². The molecule has 36 heavy (non-hydrogen) atoms. The minimum absolute atomic E-state index is 0.138. The van der Waals surface area contributed by atoms with Crippen molar-refractivity contribution < 1.29 is 33.6 Å². The quantitative estimate of drug-likeness (QED) is 0.429.